The standard InChI is InChI=1S/C22H25F2N3O3S/c23-18-7-9-19(10-8-18)31(29,30)27-11-3-4-17(16-27)22(28)26-14-12-25(13-15-26)21-6-2-1-5-20(21)24/h1-2,5-10,17H,3-4,11-16H2. The summed E-state index contributed by atoms with van der Waals surface area (Å²) in [6.07, 6.45) is 1.22. The molecule has 31 heavy (non-hydrogen) atoms. The van der Waals surface area contributed by atoms with Crippen molar-refractivity contribution in [2.45, 2.75) is 17.7 Å². The minimum Gasteiger partial charge on any atom is -0.366 e. The molecule has 0 radical (unpaired) electrons. The molecular formula is C22H25F2N3O3S. The Hall–Kier alpha value is -2.52. The fourth-order valence-electron chi connectivity index (χ4n) is 4.25. The number of sulfonamides is 1. The minimum absolute atomic E-state index is 0.0282. The molecule has 0 spiro atoms. The summed E-state index contributed by atoms with van der Waals surface area (Å²) in [5.74, 6) is -1.26. The lowest BCUT2D eigenvalue weighted by molar-refractivity contribution is -0.137. The number of piperazine rings is 1. The third-order valence-corrected chi connectivity index (χ3v) is 7.85. The number of carbonyl (C=O) groups excluding carboxylic acids is 1. The van der Waals surface area contributed by atoms with Gasteiger partial charge >= 0.3 is 0 Å². The van der Waals surface area contributed by atoms with Crippen LogP contribution in [0.25, 0.3) is 0 Å². The molecule has 6 nitrogen and oxygen atoms in total. The molecule has 1 amide bonds. The summed E-state index contributed by atoms with van der Waals surface area (Å²) >= 11 is 0. The number of carbonyl (C=O) groups is 1. The molecule has 2 fully saturated rings. The molecule has 2 aliphatic rings. The summed E-state index contributed by atoms with van der Waals surface area (Å²) in [5.41, 5.74) is 0.531. The molecule has 0 N–H and O–H groups in total. The smallest absolute Gasteiger partial charge is 0.243 e. The number of anilines is 1. The number of hydrogen-bond donors (Lipinski definition) is 0. The number of amides is 1. The molecule has 0 bridgehead atoms. The van der Waals surface area contributed by atoms with Gasteiger partial charge < -0.3 is 9.80 Å². The van der Waals surface area contributed by atoms with Crippen LogP contribution >= 0.6 is 0 Å². The van der Waals surface area contributed by atoms with Crippen molar-refractivity contribution in [2.24, 2.45) is 5.92 Å². The Balaban J connectivity index is 1.39. The van der Waals surface area contributed by atoms with Gasteiger partial charge in [-0.05, 0) is 49.2 Å². The van der Waals surface area contributed by atoms with Gasteiger partial charge in [0.15, 0.2) is 0 Å². The normalized spacial score (nSPS) is 20.6. The van der Waals surface area contributed by atoms with Gasteiger partial charge in [-0.3, -0.25) is 4.79 Å². The van der Waals surface area contributed by atoms with E-state index in [1.165, 1.54) is 22.5 Å². The van der Waals surface area contributed by atoms with E-state index in [1.807, 2.05) is 4.90 Å². The minimum atomic E-state index is -3.78. The van der Waals surface area contributed by atoms with Crippen molar-refractivity contribution in [3.8, 4) is 0 Å². The Morgan fingerprint density at radius 1 is 0.903 bits per heavy atom. The topological polar surface area (TPSA) is 60.9 Å². The van der Waals surface area contributed by atoms with E-state index in [2.05, 4.69) is 0 Å². The zero-order valence-electron chi connectivity index (χ0n) is 17.1. The lowest BCUT2D eigenvalue weighted by Gasteiger charge is -2.39. The first-order chi connectivity index (χ1) is 14.9. The maximum atomic E-state index is 14.0. The predicted molar refractivity (Wildman–Crippen MR) is 113 cm³/mol. The Labute approximate surface area is 181 Å². The molecular weight excluding hydrogens is 424 g/mol. The molecule has 2 heterocycles. The summed E-state index contributed by atoms with van der Waals surface area (Å²) < 4.78 is 54.3. The van der Waals surface area contributed by atoms with Crippen LogP contribution in [0.5, 0.6) is 0 Å². The van der Waals surface area contributed by atoms with E-state index in [0.29, 0.717) is 51.3 Å². The molecule has 2 aliphatic heterocycles. The quantitative estimate of drug-likeness (QED) is 0.720. The van der Waals surface area contributed by atoms with Crippen LogP contribution in [0.15, 0.2) is 53.4 Å². The van der Waals surface area contributed by atoms with Gasteiger partial charge in [0.05, 0.1) is 16.5 Å². The number of halogens is 2. The van der Waals surface area contributed by atoms with E-state index in [0.717, 1.165) is 12.1 Å². The molecule has 166 valence electrons. The van der Waals surface area contributed by atoms with Crippen molar-refractivity contribution in [1.29, 1.82) is 0 Å². The summed E-state index contributed by atoms with van der Waals surface area (Å²) in [6.45, 7) is 2.44. The molecule has 2 aromatic rings. The molecule has 1 unspecified atom stereocenters. The van der Waals surface area contributed by atoms with Crippen molar-refractivity contribution in [2.75, 3.05) is 44.2 Å². The first-order valence-corrected chi connectivity index (χ1v) is 11.8. The molecule has 0 aliphatic carbocycles. The lowest BCUT2D eigenvalue weighted by atomic mass is 9.97. The van der Waals surface area contributed by atoms with Gasteiger partial charge in [0.25, 0.3) is 0 Å². The third kappa shape index (κ3) is 4.57. The highest BCUT2D eigenvalue weighted by Gasteiger charge is 2.36. The molecule has 2 aromatic carbocycles. The van der Waals surface area contributed by atoms with Crippen molar-refractivity contribution in [3.63, 3.8) is 0 Å². The van der Waals surface area contributed by atoms with Gasteiger partial charge in [0.1, 0.15) is 11.6 Å². The zero-order chi connectivity index (χ0) is 22.0. The van der Waals surface area contributed by atoms with E-state index in [4.69, 9.17) is 0 Å². The Bertz CT molecular complexity index is 1040. The molecule has 0 saturated carbocycles. The van der Waals surface area contributed by atoms with Crippen LogP contribution in [0.3, 0.4) is 0 Å². The lowest BCUT2D eigenvalue weighted by Crippen LogP contribution is -2.53. The third-order valence-electron chi connectivity index (χ3n) is 5.97. The first-order valence-electron chi connectivity index (χ1n) is 10.4. The maximum absolute atomic E-state index is 14.0. The Kier molecular flexibility index (Phi) is 6.24. The van der Waals surface area contributed by atoms with Crippen LogP contribution in [-0.4, -0.2) is 62.8 Å². The second-order valence-corrected chi connectivity index (χ2v) is 9.86. The van der Waals surface area contributed by atoms with Crippen LogP contribution in [-0.2, 0) is 14.8 Å². The first kappa shape index (κ1) is 21.7. The number of rotatable bonds is 4. The predicted octanol–water partition coefficient (Wildman–Crippen LogP) is 2.71. The van der Waals surface area contributed by atoms with Gasteiger partial charge in [0.2, 0.25) is 15.9 Å². The summed E-state index contributed by atoms with van der Waals surface area (Å²) in [7, 11) is -3.78. The van der Waals surface area contributed by atoms with E-state index >= 15 is 0 Å². The molecule has 2 saturated heterocycles. The van der Waals surface area contributed by atoms with Crippen LogP contribution in [0.1, 0.15) is 12.8 Å². The van der Waals surface area contributed by atoms with Crippen LogP contribution in [0, 0.1) is 17.6 Å². The second kappa shape index (κ2) is 8.92. The van der Waals surface area contributed by atoms with Crippen LogP contribution < -0.4 is 4.90 Å². The highest BCUT2D eigenvalue weighted by Crippen LogP contribution is 2.26. The highest BCUT2D eigenvalue weighted by atomic mass is 32.2. The number of piperidine rings is 1. The highest BCUT2D eigenvalue weighted by molar-refractivity contribution is 7.89. The SMILES string of the molecule is O=C(C1CCCN(S(=O)(=O)c2ccc(F)cc2)C1)N1CCN(c2ccccc2F)CC1. The Morgan fingerprint density at radius 3 is 2.26 bits per heavy atom. The van der Waals surface area contributed by atoms with Crippen molar-refractivity contribution < 1.29 is 22.0 Å². The van der Waals surface area contributed by atoms with E-state index in [-0.39, 0.29) is 23.2 Å². The maximum Gasteiger partial charge on any atom is 0.243 e. The van der Waals surface area contributed by atoms with Crippen LogP contribution in [0.4, 0.5) is 14.5 Å². The largest absolute Gasteiger partial charge is 0.366 e. The van der Waals surface area contributed by atoms with Gasteiger partial charge in [-0.2, -0.15) is 4.31 Å². The van der Waals surface area contributed by atoms with E-state index < -0.39 is 21.8 Å². The van der Waals surface area contributed by atoms with Crippen molar-refractivity contribution >= 4 is 21.6 Å². The molecule has 1 atom stereocenters. The molecule has 9 heteroatoms. The van der Waals surface area contributed by atoms with Crippen molar-refractivity contribution in [3.05, 3.63) is 60.2 Å². The molecule has 4 rings (SSSR count). The van der Waals surface area contributed by atoms with E-state index in [9.17, 15) is 22.0 Å². The van der Waals surface area contributed by atoms with Crippen molar-refractivity contribution in [1.82, 2.24) is 9.21 Å². The summed E-state index contributed by atoms with van der Waals surface area (Å²) in [6, 6.07) is 11.3. The number of hydrogen-bond acceptors (Lipinski definition) is 4. The number of para-hydroxylation sites is 1. The average Bonchev–Trinajstić information content (AvgIpc) is 2.79. The zero-order valence-corrected chi connectivity index (χ0v) is 17.9. The van der Waals surface area contributed by atoms with Gasteiger partial charge in [0, 0.05) is 39.3 Å². The molecule has 0 aromatic heterocycles. The fraction of sp³-hybridized carbons (Fsp3) is 0.409. The Morgan fingerprint density at radius 2 is 1.58 bits per heavy atom. The second-order valence-electron chi connectivity index (χ2n) is 7.92. The number of nitrogens with zero attached hydrogens (tertiary/aromatic N) is 3. The van der Waals surface area contributed by atoms with Gasteiger partial charge in [-0.25, -0.2) is 17.2 Å². The summed E-state index contributed by atoms with van der Waals surface area (Å²) in [4.78, 5) is 16.8. The van der Waals surface area contributed by atoms with E-state index in [1.54, 1.807) is 23.1 Å². The monoisotopic (exact) mass is 449 g/mol. The average molecular weight is 450 g/mol. The number of benzene rings is 2. The summed E-state index contributed by atoms with van der Waals surface area (Å²) in [5, 5.41) is 0. The van der Waals surface area contributed by atoms with Crippen LogP contribution in [0.2, 0.25) is 0 Å². The van der Waals surface area contributed by atoms with Gasteiger partial charge in [-0.1, -0.05) is 12.1 Å². The van der Waals surface area contributed by atoms with Gasteiger partial charge in [-0.15, -0.1) is 0 Å². The fourth-order valence-corrected chi connectivity index (χ4v) is 5.78.